The van der Waals surface area contributed by atoms with Crippen LogP contribution in [-0.4, -0.2) is 35.4 Å². The lowest BCUT2D eigenvalue weighted by atomic mass is 9.90. The minimum absolute atomic E-state index is 0.0343. The number of ketones is 2. The van der Waals surface area contributed by atoms with Crippen molar-refractivity contribution >= 4 is 23.1 Å². The molecule has 0 aliphatic rings. The van der Waals surface area contributed by atoms with Gasteiger partial charge in [0.05, 0.1) is 24.8 Å². The van der Waals surface area contributed by atoms with Gasteiger partial charge in [0.2, 0.25) is 0 Å². The Morgan fingerprint density at radius 2 is 1.31 bits per heavy atom. The number of aromatic nitrogens is 2. The number of rotatable bonds is 9. The van der Waals surface area contributed by atoms with Crippen LogP contribution in [0.5, 0.6) is 11.5 Å². The number of carbonyl (C=O) groups excluding carboxylic acids is 2. The summed E-state index contributed by atoms with van der Waals surface area (Å²) in [6, 6.07) is 14.0. The fraction of sp³-hybridized carbons (Fsp3) is 0.273. The molecule has 0 unspecified atom stereocenters. The summed E-state index contributed by atoms with van der Waals surface area (Å²) in [6.45, 7) is 1.85. The van der Waals surface area contributed by atoms with Crippen molar-refractivity contribution in [1.82, 2.24) is 9.59 Å². The molecule has 29 heavy (non-hydrogen) atoms. The van der Waals surface area contributed by atoms with Crippen LogP contribution in [-0.2, 0) is 0 Å². The third kappa shape index (κ3) is 5.06. The summed E-state index contributed by atoms with van der Waals surface area (Å²) in [7, 11) is 3.16. The van der Waals surface area contributed by atoms with Crippen molar-refractivity contribution in [2.75, 3.05) is 14.2 Å². The van der Waals surface area contributed by atoms with Gasteiger partial charge in [-0.05, 0) is 67.0 Å². The van der Waals surface area contributed by atoms with Crippen molar-refractivity contribution in [2.24, 2.45) is 0 Å². The zero-order valence-corrected chi connectivity index (χ0v) is 17.4. The van der Waals surface area contributed by atoms with Crippen LogP contribution in [0, 0.1) is 6.92 Å². The lowest BCUT2D eigenvalue weighted by molar-refractivity contribution is 0.0945. The van der Waals surface area contributed by atoms with Crippen molar-refractivity contribution in [3.63, 3.8) is 0 Å². The van der Waals surface area contributed by atoms with E-state index in [2.05, 4.69) is 9.59 Å². The maximum absolute atomic E-state index is 12.9. The number of methoxy groups -OCH3 is 2. The molecule has 0 atom stereocenters. The van der Waals surface area contributed by atoms with Crippen molar-refractivity contribution < 1.29 is 19.1 Å². The fourth-order valence-electron chi connectivity index (χ4n) is 3.11. The van der Waals surface area contributed by atoms with E-state index in [0.717, 1.165) is 10.6 Å². The number of aryl methyl sites for hydroxylation is 1. The van der Waals surface area contributed by atoms with Crippen molar-refractivity contribution in [3.8, 4) is 11.5 Å². The van der Waals surface area contributed by atoms with E-state index in [1.165, 1.54) is 11.5 Å². The smallest absolute Gasteiger partial charge is 0.163 e. The topological polar surface area (TPSA) is 78.4 Å². The minimum atomic E-state index is -0.279. The van der Waals surface area contributed by atoms with Gasteiger partial charge in [-0.15, -0.1) is 5.10 Å². The first-order chi connectivity index (χ1) is 14.0. The highest BCUT2D eigenvalue weighted by atomic mass is 32.1. The Morgan fingerprint density at radius 3 is 1.66 bits per heavy atom. The molecule has 0 radical (unpaired) electrons. The highest BCUT2D eigenvalue weighted by Crippen LogP contribution is 2.31. The van der Waals surface area contributed by atoms with Gasteiger partial charge in [0.15, 0.2) is 11.6 Å². The molecule has 3 rings (SSSR count). The van der Waals surface area contributed by atoms with E-state index in [4.69, 9.17) is 9.47 Å². The van der Waals surface area contributed by atoms with Crippen LogP contribution in [0.1, 0.15) is 50.0 Å². The van der Waals surface area contributed by atoms with Gasteiger partial charge >= 0.3 is 0 Å². The van der Waals surface area contributed by atoms with E-state index < -0.39 is 0 Å². The molecule has 0 bridgehead atoms. The molecule has 6 nitrogen and oxygen atoms in total. The number of hydrogen-bond acceptors (Lipinski definition) is 7. The first-order valence-corrected chi connectivity index (χ1v) is 9.92. The van der Waals surface area contributed by atoms with Gasteiger partial charge in [0.1, 0.15) is 11.5 Å². The second-order valence-corrected chi connectivity index (χ2v) is 7.42. The van der Waals surface area contributed by atoms with E-state index in [-0.39, 0.29) is 30.3 Å². The average molecular weight is 410 g/mol. The summed E-state index contributed by atoms with van der Waals surface area (Å²) in [5, 5.41) is 4.06. The normalized spacial score (nSPS) is 10.8. The third-order valence-corrected chi connectivity index (χ3v) is 5.73. The van der Waals surface area contributed by atoms with Crippen molar-refractivity contribution in [3.05, 3.63) is 70.2 Å². The molecule has 0 amide bonds. The zero-order chi connectivity index (χ0) is 20.8. The predicted molar refractivity (Wildman–Crippen MR) is 111 cm³/mol. The Balaban J connectivity index is 1.79. The maximum atomic E-state index is 12.9. The van der Waals surface area contributed by atoms with Gasteiger partial charge in [-0.3, -0.25) is 9.59 Å². The largest absolute Gasteiger partial charge is 0.497 e. The minimum Gasteiger partial charge on any atom is -0.497 e. The molecule has 1 aromatic heterocycles. The molecule has 1 heterocycles. The summed E-state index contributed by atoms with van der Waals surface area (Å²) in [5.41, 5.74) is 1.93. The van der Waals surface area contributed by atoms with Gasteiger partial charge < -0.3 is 9.47 Å². The first kappa shape index (κ1) is 20.7. The molecule has 150 valence electrons. The third-order valence-electron chi connectivity index (χ3n) is 4.74. The number of nitrogens with zero attached hydrogens (tertiary/aromatic N) is 2. The van der Waals surface area contributed by atoms with Crippen LogP contribution in [0.4, 0.5) is 0 Å². The quantitative estimate of drug-likeness (QED) is 0.484. The van der Waals surface area contributed by atoms with Crippen LogP contribution < -0.4 is 9.47 Å². The molecule has 3 aromatic rings. The van der Waals surface area contributed by atoms with Crippen molar-refractivity contribution in [2.45, 2.75) is 25.7 Å². The standard InChI is InChI=1S/C22H22N2O4S/c1-14-22(29-24-23-14)17(12-20(25)15-4-8-18(27-2)9-5-15)13-21(26)16-6-10-19(28-3)11-7-16/h4-11,17H,12-13H2,1-3H3. The number of ether oxygens (including phenoxy) is 2. The zero-order valence-electron chi connectivity index (χ0n) is 16.5. The summed E-state index contributed by atoms with van der Waals surface area (Å²) in [6.07, 6.45) is 0.415. The molecular weight excluding hydrogens is 388 g/mol. The summed E-state index contributed by atoms with van der Waals surface area (Å²) < 4.78 is 14.3. The lowest BCUT2D eigenvalue weighted by Gasteiger charge is -2.15. The van der Waals surface area contributed by atoms with Crippen LogP contribution >= 0.6 is 11.5 Å². The molecule has 0 spiro atoms. The molecule has 0 fully saturated rings. The second-order valence-electron chi connectivity index (χ2n) is 6.63. The van der Waals surface area contributed by atoms with Crippen LogP contribution in [0.15, 0.2) is 48.5 Å². The number of hydrogen-bond donors (Lipinski definition) is 0. The summed E-state index contributed by atoms with van der Waals surface area (Å²) in [4.78, 5) is 26.6. The Labute approximate surface area is 173 Å². The Hall–Kier alpha value is -3.06. The first-order valence-electron chi connectivity index (χ1n) is 9.15. The van der Waals surface area contributed by atoms with E-state index in [1.807, 2.05) is 6.92 Å². The molecule has 0 saturated carbocycles. The maximum Gasteiger partial charge on any atom is 0.163 e. The SMILES string of the molecule is COc1ccc(C(=O)CC(CC(=O)c2ccc(OC)cc2)c2snnc2C)cc1. The van der Waals surface area contributed by atoms with E-state index >= 15 is 0 Å². The summed E-state index contributed by atoms with van der Waals surface area (Å²) in [5.74, 6) is 1.03. The Kier molecular flexibility index (Phi) is 6.72. The van der Waals surface area contributed by atoms with E-state index in [0.29, 0.717) is 22.6 Å². The fourth-order valence-corrected chi connectivity index (χ4v) is 3.85. The van der Waals surface area contributed by atoms with Crippen LogP contribution in [0.2, 0.25) is 0 Å². The highest BCUT2D eigenvalue weighted by Gasteiger charge is 2.25. The number of benzene rings is 2. The van der Waals surface area contributed by atoms with E-state index in [9.17, 15) is 9.59 Å². The molecule has 7 heteroatoms. The van der Waals surface area contributed by atoms with Gasteiger partial charge in [-0.2, -0.15) is 0 Å². The van der Waals surface area contributed by atoms with E-state index in [1.54, 1.807) is 62.8 Å². The van der Waals surface area contributed by atoms with Crippen molar-refractivity contribution in [1.29, 1.82) is 0 Å². The average Bonchev–Trinajstić information content (AvgIpc) is 3.19. The Morgan fingerprint density at radius 1 is 0.862 bits per heavy atom. The molecule has 0 aliphatic heterocycles. The van der Waals surface area contributed by atoms with Gasteiger partial charge in [-0.25, -0.2) is 0 Å². The monoisotopic (exact) mass is 410 g/mol. The molecule has 0 N–H and O–H groups in total. The van der Waals surface area contributed by atoms with Gasteiger partial charge in [0.25, 0.3) is 0 Å². The Bertz CT molecular complexity index is 919. The lowest BCUT2D eigenvalue weighted by Crippen LogP contribution is -2.13. The molecular formula is C22H22N2O4S. The number of carbonyl (C=O) groups is 2. The molecule has 2 aromatic carbocycles. The van der Waals surface area contributed by atoms with Crippen LogP contribution in [0.3, 0.4) is 0 Å². The summed E-state index contributed by atoms with van der Waals surface area (Å²) >= 11 is 1.24. The van der Waals surface area contributed by atoms with Gasteiger partial charge in [-0.1, -0.05) is 4.49 Å². The predicted octanol–water partition coefficient (Wildman–Crippen LogP) is 4.49. The van der Waals surface area contributed by atoms with Gasteiger partial charge in [0, 0.05) is 29.9 Å². The number of Topliss-reactive ketones (excluding diaryl/α,β-unsaturated/α-hetero) is 2. The second kappa shape index (κ2) is 9.43. The molecule has 0 aliphatic carbocycles. The molecule has 0 saturated heterocycles. The highest BCUT2D eigenvalue weighted by molar-refractivity contribution is 7.05. The van der Waals surface area contributed by atoms with Crippen LogP contribution in [0.25, 0.3) is 0 Å².